The number of rotatable bonds is 3. The third kappa shape index (κ3) is 3.17. The van der Waals surface area contributed by atoms with E-state index in [9.17, 15) is 17.9 Å². The van der Waals surface area contributed by atoms with E-state index in [1.165, 1.54) is 6.07 Å². The van der Waals surface area contributed by atoms with E-state index in [1.807, 2.05) is 0 Å². The maximum atomic E-state index is 13.2. The highest BCUT2D eigenvalue weighted by atomic mass is 79.9. The number of aliphatic hydroxyl groups is 1. The van der Waals surface area contributed by atoms with E-state index in [-0.39, 0.29) is 12.2 Å². The minimum atomic E-state index is -3.28. The largest absolute Gasteiger partial charge is 0.388 e. The van der Waals surface area contributed by atoms with E-state index in [1.54, 1.807) is 12.1 Å². The molecule has 0 spiro atoms. The molecule has 1 aliphatic carbocycles. The Morgan fingerprint density at radius 3 is 2.79 bits per heavy atom. The van der Waals surface area contributed by atoms with Crippen LogP contribution in [0.25, 0.3) is 0 Å². The zero-order valence-corrected chi connectivity index (χ0v) is 13.0. The third-order valence-corrected chi connectivity index (χ3v) is 6.00. The maximum Gasteiger partial charge on any atom is 0.153 e. The number of benzene rings is 1. The molecule has 19 heavy (non-hydrogen) atoms. The van der Waals surface area contributed by atoms with Crippen LogP contribution in [0.2, 0.25) is 0 Å². The van der Waals surface area contributed by atoms with Gasteiger partial charge in [-0.15, -0.1) is 0 Å². The van der Waals surface area contributed by atoms with Crippen LogP contribution >= 0.6 is 15.9 Å². The zero-order valence-electron chi connectivity index (χ0n) is 10.6. The molecule has 3 nitrogen and oxygen atoms in total. The van der Waals surface area contributed by atoms with Crippen molar-refractivity contribution in [3.63, 3.8) is 0 Å². The Balaban J connectivity index is 2.28. The van der Waals surface area contributed by atoms with Crippen LogP contribution in [0.4, 0.5) is 4.39 Å². The summed E-state index contributed by atoms with van der Waals surface area (Å²) in [5.41, 5.74) is -0.517. The van der Waals surface area contributed by atoms with Gasteiger partial charge in [-0.05, 0) is 52.9 Å². The van der Waals surface area contributed by atoms with Gasteiger partial charge in [0.25, 0.3) is 0 Å². The molecule has 0 saturated heterocycles. The average molecular weight is 351 g/mol. The van der Waals surface area contributed by atoms with Gasteiger partial charge in [0.2, 0.25) is 0 Å². The second-order valence-electron chi connectivity index (χ2n) is 5.24. The monoisotopic (exact) mass is 350 g/mol. The highest BCUT2D eigenvalue weighted by Gasteiger charge is 2.46. The van der Waals surface area contributed by atoms with Crippen molar-refractivity contribution in [3.05, 3.63) is 34.1 Å². The van der Waals surface area contributed by atoms with Crippen molar-refractivity contribution in [2.45, 2.75) is 36.5 Å². The minimum Gasteiger partial charge on any atom is -0.388 e. The van der Waals surface area contributed by atoms with Crippen molar-refractivity contribution < 1.29 is 17.9 Å². The Kier molecular flexibility index (Phi) is 4.05. The Morgan fingerprint density at radius 2 is 2.21 bits per heavy atom. The lowest BCUT2D eigenvalue weighted by Crippen LogP contribution is -2.44. The summed E-state index contributed by atoms with van der Waals surface area (Å²) in [6.45, 7) is 0. The number of hydrogen-bond donors (Lipinski definition) is 1. The predicted molar refractivity (Wildman–Crippen MR) is 75.2 cm³/mol. The van der Waals surface area contributed by atoms with Crippen molar-refractivity contribution >= 4 is 25.8 Å². The Morgan fingerprint density at radius 1 is 1.53 bits per heavy atom. The zero-order chi connectivity index (χ0) is 14.3. The van der Waals surface area contributed by atoms with Gasteiger partial charge in [0.15, 0.2) is 9.84 Å². The van der Waals surface area contributed by atoms with Crippen LogP contribution in [0.15, 0.2) is 22.7 Å². The summed E-state index contributed by atoms with van der Waals surface area (Å²) >= 11 is 3.09. The highest BCUT2D eigenvalue weighted by molar-refractivity contribution is 9.10. The fraction of sp³-hybridized carbons (Fsp3) is 0.538. The summed E-state index contributed by atoms with van der Waals surface area (Å²) in [6.07, 6.45) is 3.02. The summed E-state index contributed by atoms with van der Waals surface area (Å²) in [6, 6.07) is 4.48. The van der Waals surface area contributed by atoms with Gasteiger partial charge in [-0.3, -0.25) is 0 Å². The fourth-order valence-electron chi connectivity index (χ4n) is 2.84. The molecule has 106 valence electrons. The molecule has 0 bridgehead atoms. The smallest absolute Gasteiger partial charge is 0.153 e. The van der Waals surface area contributed by atoms with E-state index in [0.29, 0.717) is 23.7 Å². The summed E-state index contributed by atoms with van der Waals surface area (Å²) in [7, 11) is -3.28. The third-order valence-electron chi connectivity index (χ3n) is 3.69. The molecule has 0 aliphatic heterocycles. The van der Waals surface area contributed by atoms with E-state index in [4.69, 9.17) is 0 Å². The second kappa shape index (κ2) is 5.14. The Hall–Kier alpha value is -0.460. The molecule has 2 rings (SSSR count). The summed E-state index contributed by atoms with van der Waals surface area (Å²) < 4.78 is 37.0. The quantitative estimate of drug-likeness (QED) is 0.910. The number of sulfone groups is 1. The first-order chi connectivity index (χ1) is 8.72. The van der Waals surface area contributed by atoms with Gasteiger partial charge < -0.3 is 5.11 Å². The van der Waals surface area contributed by atoms with Gasteiger partial charge in [0, 0.05) is 12.7 Å². The standard InChI is InChI=1S/C13H16BrFO3S/c1-19(17,18)12-3-2-6-13(12,16)8-9-4-5-11(15)10(14)7-9/h4-5,7,12,16H,2-3,6,8H2,1H3. The molecule has 1 saturated carbocycles. The van der Waals surface area contributed by atoms with E-state index in [0.717, 1.165) is 11.8 Å². The first-order valence-corrected chi connectivity index (χ1v) is 8.82. The minimum absolute atomic E-state index is 0.226. The van der Waals surface area contributed by atoms with Crippen molar-refractivity contribution in [3.8, 4) is 0 Å². The predicted octanol–water partition coefficient (Wildman–Crippen LogP) is 2.46. The first kappa shape index (κ1) is 14.9. The molecule has 1 aliphatic rings. The molecule has 0 amide bonds. The van der Waals surface area contributed by atoms with E-state index in [2.05, 4.69) is 15.9 Å². The van der Waals surface area contributed by atoms with Gasteiger partial charge in [-0.2, -0.15) is 0 Å². The molecule has 1 N–H and O–H groups in total. The Bertz CT molecular complexity index is 588. The Labute approximate surface area is 120 Å². The van der Waals surface area contributed by atoms with Crippen LogP contribution < -0.4 is 0 Å². The molecule has 0 heterocycles. The van der Waals surface area contributed by atoms with Crippen LogP contribution in [0.1, 0.15) is 24.8 Å². The van der Waals surface area contributed by atoms with E-state index < -0.39 is 20.7 Å². The fourth-order valence-corrected chi connectivity index (χ4v) is 4.86. The van der Waals surface area contributed by atoms with Gasteiger partial charge in [0.05, 0.1) is 15.3 Å². The summed E-state index contributed by atoms with van der Waals surface area (Å²) in [5, 5.41) is 9.88. The topological polar surface area (TPSA) is 54.4 Å². The SMILES string of the molecule is CS(=O)(=O)C1CCCC1(O)Cc1ccc(F)c(Br)c1. The number of hydrogen-bond acceptors (Lipinski definition) is 3. The second-order valence-corrected chi connectivity index (χ2v) is 8.32. The van der Waals surface area contributed by atoms with Crippen molar-refractivity contribution in [2.75, 3.05) is 6.26 Å². The van der Waals surface area contributed by atoms with E-state index >= 15 is 0 Å². The van der Waals surface area contributed by atoms with Crippen LogP contribution in [0, 0.1) is 5.82 Å². The van der Waals surface area contributed by atoms with Crippen LogP contribution in [0.3, 0.4) is 0 Å². The molecule has 6 heteroatoms. The average Bonchev–Trinajstić information content (AvgIpc) is 2.65. The lowest BCUT2D eigenvalue weighted by atomic mass is 9.93. The molecule has 1 fully saturated rings. The molecule has 1 aromatic rings. The summed E-state index contributed by atoms with van der Waals surface area (Å²) in [4.78, 5) is 0. The normalized spacial score (nSPS) is 27.7. The summed E-state index contributed by atoms with van der Waals surface area (Å²) in [5.74, 6) is -0.373. The van der Waals surface area contributed by atoms with Gasteiger partial charge >= 0.3 is 0 Å². The lowest BCUT2D eigenvalue weighted by Gasteiger charge is -2.29. The molecule has 0 aromatic heterocycles. The molecule has 2 unspecified atom stereocenters. The molecular formula is C13H16BrFO3S. The van der Waals surface area contributed by atoms with Gasteiger partial charge in [-0.25, -0.2) is 12.8 Å². The molecule has 0 radical (unpaired) electrons. The van der Waals surface area contributed by atoms with Crippen LogP contribution in [-0.4, -0.2) is 30.6 Å². The van der Waals surface area contributed by atoms with Crippen molar-refractivity contribution in [2.24, 2.45) is 0 Å². The van der Waals surface area contributed by atoms with Gasteiger partial charge in [0.1, 0.15) is 5.82 Å². The lowest BCUT2D eigenvalue weighted by molar-refractivity contribution is 0.0512. The number of halogens is 2. The molecule has 2 atom stereocenters. The van der Waals surface area contributed by atoms with Crippen molar-refractivity contribution in [1.29, 1.82) is 0 Å². The van der Waals surface area contributed by atoms with Gasteiger partial charge in [-0.1, -0.05) is 6.07 Å². The first-order valence-electron chi connectivity index (χ1n) is 6.07. The molecule has 1 aromatic carbocycles. The maximum absolute atomic E-state index is 13.2. The van der Waals surface area contributed by atoms with Crippen LogP contribution in [-0.2, 0) is 16.3 Å². The molecular weight excluding hydrogens is 335 g/mol. The highest BCUT2D eigenvalue weighted by Crippen LogP contribution is 2.37. The van der Waals surface area contributed by atoms with Crippen LogP contribution in [0.5, 0.6) is 0 Å². The van der Waals surface area contributed by atoms with Crippen molar-refractivity contribution in [1.82, 2.24) is 0 Å².